The highest BCUT2D eigenvalue weighted by atomic mass is 35.5. The van der Waals surface area contributed by atoms with Crippen LogP contribution < -0.4 is 11.1 Å². The number of benzene rings is 2. The van der Waals surface area contributed by atoms with Crippen molar-refractivity contribution in [3.8, 4) is 5.69 Å². The van der Waals surface area contributed by atoms with E-state index in [4.69, 9.17) is 11.6 Å². The van der Waals surface area contributed by atoms with Crippen LogP contribution in [0.15, 0.2) is 64.4 Å². The molecule has 122 valence electrons. The van der Waals surface area contributed by atoms with Gasteiger partial charge in [-0.2, -0.15) is 0 Å². The lowest BCUT2D eigenvalue weighted by atomic mass is 10.2. The van der Waals surface area contributed by atoms with Crippen molar-refractivity contribution in [1.82, 2.24) is 9.13 Å². The van der Waals surface area contributed by atoms with Gasteiger partial charge in [0, 0.05) is 23.5 Å². The van der Waals surface area contributed by atoms with Crippen molar-refractivity contribution in [3.05, 3.63) is 97.8 Å². The average Bonchev–Trinajstić information content (AvgIpc) is 2.55. The Morgan fingerprint density at radius 1 is 0.917 bits per heavy atom. The fraction of sp³-hybridized carbons (Fsp3) is 0.0588. The van der Waals surface area contributed by atoms with E-state index >= 15 is 0 Å². The summed E-state index contributed by atoms with van der Waals surface area (Å²) >= 11 is 5.90. The summed E-state index contributed by atoms with van der Waals surface area (Å²) in [5.74, 6) is -2.12. The second kappa shape index (κ2) is 6.41. The molecule has 0 radical (unpaired) electrons. The Morgan fingerprint density at radius 2 is 1.71 bits per heavy atom. The fourth-order valence-electron chi connectivity index (χ4n) is 2.30. The molecular weight excluding hydrogens is 338 g/mol. The standard InChI is InChI=1S/C17H11ClF2N2O2/c18-12-3-1-2-11(8-12)10-21-6-7-22(17(24)16(21)23)13-4-5-14(19)15(20)9-13/h1-9H,10H2. The average molecular weight is 349 g/mol. The zero-order valence-electron chi connectivity index (χ0n) is 12.2. The molecule has 0 aliphatic heterocycles. The Hall–Kier alpha value is -2.73. The van der Waals surface area contributed by atoms with Crippen LogP contribution in [0.25, 0.3) is 5.69 Å². The van der Waals surface area contributed by atoms with E-state index in [2.05, 4.69) is 0 Å². The molecule has 0 aliphatic rings. The molecule has 0 saturated heterocycles. The van der Waals surface area contributed by atoms with Crippen molar-refractivity contribution in [1.29, 1.82) is 0 Å². The minimum absolute atomic E-state index is 0.0749. The first-order chi connectivity index (χ1) is 11.5. The van der Waals surface area contributed by atoms with Crippen LogP contribution in [0.5, 0.6) is 0 Å². The van der Waals surface area contributed by atoms with Gasteiger partial charge in [-0.05, 0) is 29.8 Å². The Bertz CT molecular complexity index is 1030. The Balaban J connectivity index is 2.01. The molecular formula is C17H11ClF2N2O2. The third kappa shape index (κ3) is 3.14. The SMILES string of the molecule is O=c1c(=O)n(-c2ccc(F)c(F)c2)ccn1Cc1cccc(Cl)c1. The molecule has 0 unspecified atom stereocenters. The molecule has 3 aromatic rings. The molecule has 0 aliphatic carbocycles. The maximum absolute atomic E-state index is 13.3. The van der Waals surface area contributed by atoms with Gasteiger partial charge in [0.25, 0.3) is 0 Å². The van der Waals surface area contributed by atoms with Gasteiger partial charge in [-0.15, -0.1) is 0 Å². The number of halogens is 3. The Morgan fingerprint density at radius 3 is 2.42 bits per heavy atom. The van der Waals surface area contributed by atoms with Gasteiger partial charge in [-0.1, -0.05) is 23.7 Å². The Labute approximate surface area is 140 Å². The smallest absolute Gasteiger partial charge is 0.305 e. The monoisotopic (exact) mass is 348 g/mol. The zero-order chi connectivity index (χ0) is 17.3. The van der Waals surface area contributed by atoms with Crippen LogP contribution in [0.2, 0.25) is 5.02 Å². The first-order valence-electron chi connectivity index (χ1n) is 6.97. The van der Waals surface area contributed by atoms with Crippen molar-refractivity contribution in [3.63, 3.8) is 0 Å². The van der Waals surface area contributed by atoms with Crippen molar-refractivity contribution in [2.75, 3.05) is 0 Å². The second-order valence-electron chi connectivity index (χ2n) is 5.13. The molecule has 0 amide bonds. The molecule has 1 aromatic heterocycles. The third-order valence-electron chi connectivity index (χ3n) is 3.48. The zero-order valence-corrected chi connectivity index (χ0v) is 13.0. The molecule has 0 bridgehead atoms. The molecule has 7 heteroatoms. The summed E-state index contributed by atoms with van der Waals surface area (Å²) < 4.78 is 28.5. The van der Waals surface area contributed by atoms with E-state index in [1.54, 1.807) is 24.3 Å². The summed E-state index contributed by atoms with van der Waals surface area (Å²) in [7, 11) is 0. The summed E-state index contributed by atoms with van der Waals surface area (Å²) in [5, 5.41) is 0.524. The highest BCUT2D eigenvalue weighted by Gasteiger charge is 2.10. The van der Waals surface area contributed by atoms with Gasteiger partial charge in [0.05, 0.1) is 12.2 Å². The summed E-state index contributed by atoms with van der Waals surface area (Å²) in [5.41, 5.74) is -0.798. The van der Waals surface area contributed by atoms with E-state index < -0.39 is 22.8 Å². The Kier molecular flexibility index (Phi) is 4.31. The summed E-state index contributed by atoms with van der Waals surface area (Å²) in [4.78, 5) is 24.5. The van der Waals surface area contributed by atoms with Crippen LogP contribution in [0.1, 0.15) is 5.56 Å². The van der Waals surface area contributed by atoms with Gasteiger partial charge in [0.1, 0.15) is 0 Å². The molecule has 0 atom stereocenters. The van der Waals surface area contributed by atoms with E-state index in [-0.39, 0.29) is 12.2 Å². The predicted molar refractivity (Wildman–Crippen MR) is 86.8 cm³/mol. The normalized spacial score (nSPS) is 10.8. The van der Waals surface area contributed by atoms with Crippen LogP contribution in [-0.4, -0.2) is 9.13 Å². The third-order valence-corrected chi connectivity index (χ3v) is 3.72. The van der Waals surface area contributed by atoms with Crippen LogP contribution in [0.3, 0.4) is 0 Å². The number of aromatic nitrogens is 2. The number of rotatable bonds is 3. The quantitative estimate of drug-likeness (QED) is 0.683. The maximum Gasteiger partial charge on any atom is 0.320 e. The van der Waals surface area contributed by atoms with E-state index in [0.717, 1.165) is 22.3 Å². The lowest BCUT2D eigenvalue weighted by molar-refractivity contribution is 0.507. The van der Waals surface area contributed by atoms with Crippen LogP contribution in [0, 0.1) is 11.6 Å². The second-order valence-corrected chi connectivity index (χ2v) is 5.57. The van der Waals surface area contributed by atoms with E-state index in [1.165, 1.54) is 23.0 Å². The molecule has 4 nitrogen and oxygen atoms in total. The minimum Gasteiger partial charge on any atom is -0.305 e. The maximum atomic E-state index is 13.3. The molecule has 0 N–H and O–H groups in total. The predicted octanol–water partition coefficient (Wildman–Crippen LogP) is 2.98. The summed E-state index contributed by atoms with van der Waals surface area (Å²) in [6.45, 7) is 0.174. The van der Waals surface area contributed by atoms with E-state index in [9.17, 15) is 18.4 Å². The van der Waals surface area contributed by atoms with Gasteiger partial charge >= 0.3 is 11.1 Å². The van der Waals surface area contributed by atoms with Crippen LogP contribution in [0.4, 0.5) is 8.78 Å². The van der Waals surface area contributed by atoms with Gasteiger partial charge in [0.15, 0.2) is 11.6 Å². The molecule has 2 aromatic carbocycles. The first kappa shape index (κ1) is 16.1. The van der Waals surface area contributed by atoms with Crippen molar-refractivity contribution >= 4 is 11.6 Å². The summed E-state index contributed by atoms with van der Waals surface area (Å²) in [6, 6.07) is 9.89. The molecule has 1 heterocycles. The largest absolute Gasteiger partial charge is 0.320 e. The van der Waals surface area contributed by atoms with Gasteiger partial charge in [0.2, 0.25) is 0 Å². The molecule has 3 rings (SSSR count). The number of hydrogen-bond acceptors (Lipinski definition) is 2. The lowest BCUT2D eigenvalue weighted by Gasteiger charge is -2.09. The van der Waals surface area contributed by atoms with Gasteiger partial charge in [-0.3, -0.25) is 14.2 Å². The van der Waals surface area contributed by atoms with Gasteiger partial charge < -0.3 is 4.57 Å². The number of hydrogen-bond donors (Lipinski definition) is 0. The molecule has 0 saturated carbocycles. The lowest BCUT2D eigenvalue weighted by Crippen LogP contribution is -2.40. The summed E-state index contributed by atoms with van der Waals surface area (Å²) in [6.07, 6.45) is 2.74. The molecule has 0 fully saturated rings. The topological polar surface area (TPSA) is 44.0 Å². The molecule has 24 heavy (non-hydrogen) atoms. The minimum atomic E-state index is -1.09. The van der Waals surface area contributed by atoms with Crippen molar-refractivity contribution in [2.24, 2.45) is 0 Å². The van der Waals surface area contributed by atoms with E-state index in [1.807, 2.05) is 0 Å². The highest BCUT2D eigenvalue weighted by molar-refractivity contribution is 6.30. The van der Waals surface area contributed by atoms with Crippen molar-refractivity contribution in [2.45, 2.75) is 6.54 Å². The van der Waals surface area contributed by atoms with Crippen LogP contribution >= 0.6 is 11.6 Å². The van der Waals surface area contributed by atoms with Crippen LogP contribution in [-0.2, 0) is 6.54 Å². The first-order valence-corrected chi connectivity index (χ1v) is 7.35. The number of nitrogens with zero attached hydrogens (tertiary/aromatic N) is 2. The molecule has 0 spiro atoms. The van der Waals surface area contributed by atoms with Gasteiger partial charge in [-0.25, -0.2) is 8.78 Å². The van der Waals surface area contributed by atoms with E-state index in [0.29, 0.717) is 5.02 Å². The fourth-order valence-corrected chi connectivity index (χ4v) is 2.52. The highest BCUT2D eigenvalue weighted by Crippen LogP contribution is 2.12. The van der Waals surface area contributed by atoms with Crippen molar-refractivity contribution < 1.29 is 8.78 Å².